The molecule has 2 aliphatic heterocycles. The van der Waals surface area contributed by atoms with E-state index >= 15 is 0 Å². The summed E-state index contributed by atoms with van der Waals surface area (Å²) in [6.07, 6.45) is 6.38. The monoisotopic (exact) mass is 473 g/mol. The molecule has 5 N–H and O–H groups in total. The number of hydrogen-bond donors (Lipinski definition) is 4. The molecular weight excluding hydrogens is 442 g/mol. The van der Waals surface area contributed by atoms with Crippen LogP contribution in [-0.4, -0.2) is 78.3 Å². The molecule has 2 amide bonds. The van der Waals surface area contributed by atoms with Crippen LogP contribution in [0.4, 0.5) is 5.82 Å². The van der Waals surface area contributed by atoms with Crippen molar-refractivity contribution in [2.75, 3.05) is 25.4 Å². The van der Waals surface area contributed by atoms with Crippen LogP contribution in [0, 0.1) is 0 Å². The lowest BCUT2D eigenvalue weighted by Gasteiger charge is -2.51. The zero-order chi connectivity index (χ0) is 24.5. The summed E-state index contributed by atoms with van der Waals surface area (Å²) in [5.74, 6) is -0.327. The molecule has 2 fully saturated rings. The number of amides is 2. The van der Waals surface area contributed by atoms with Crippen LogP contribution in [-0.2, 0) is 20.7 Å². The summed E-state index contributed by atoms with van der Waals surface area (Å²) in [6, 6.07) is 0.217. The van der Waals surface area contributed by atoms with Gasteiger partial charge in [-0.25, -0.2) is 9.78 Å². The lowest BCUT2D eigenvalue weighted by atomic mass is 9.75. The Bertz CT molecular complexity index is 1090. The molecule has 0 aliphatic carbocycles. The van der Waals surface area contributed by atoms with E-state index in [1.54, 1.807) is 18.0 Å². The number of nitrogens with two attached hydrogens (primary N) is 1. The predicted octanol–water partition coefficient (Wildman–Crippen LogP) is -0.630. The van der Waals surface area contributed by atoms with Crippen LogP contribution in [0.5, 0.6) is 0 Å². The highest BCUT2D eigenvalue weighted by Gasteiger charge is 2.50. The molecule has 2 aromatic heterocycles. The van der Waals surface area contributed by atoms with Crippen molar-refractivity contribution in [3.63, 3.8) is 0 Å². The summed E-state index contributed by atoms with van der Waals surface area (Å²) in [4.78, 5) is 49.6. The molecule has 0 radical (unpaired) electrons. The summed E-state index contributed by atoms with van der Waals surface area (Å²) in [5, 5.41) is 14.0. The molecule has 0 bridgehead atoms. The first-order chi connectivity index (χ1) is 16.1. The molecule has 2 saturated heterocycles. The number of nitrogens with zero attached hydrogens (tertiary/aromatic N) is 4. The molecule has 2 aromatic rings. The van der Waals surface area contributed by atoms with E-state index in [4.69, 9.17) is 10.5 Å². The summed E-state index contributed by atoms with van der Waals surface area (Å²) in [7, 11) is 0. The van der Waals surface area contributed by atoms with Crippen LogP contribution in [0.1, 0.15) is 44.8 Å². The smallest absolute Gasteiger partial charge is 0.349 e. The molecule has 0 unspecified atom stereocenters. The van der Waals surface area contributed by atoms with Gasteiger partial charge in [-0.15, -0.1) is 0 Å². The number of aromatic amines is 1. The van der Waals surface area contributed by atoms with E-state index in [1.807, 2.05) is 0 Å². The van der Waals surface area contributed by atoms with Crippen LogP contribution in [0.15, 0.2) is 29.6 Å². The second-order valence-corrected chi connectivity index (χ2v) is 9.45. The average Bonchev–Trinajstić information content (AvgIpc) is 3.27. The van der Waals surface area contributed by atoms with Gasteiger partial charge < -0.3 is 30.8 Å². The predicted molar refractivity (Wildman–Crippen MR) is 122 cm³/mol. The summed E-state index contributed by atoms with van der Waals surface area (Å²) >= 11 is 0. The SMILES string of the molecule is CC(=O)N[C@@H](Cc1cnc[nH]1)C(=O)N1CCC2(CC1)C[C@@](C)(O)[C@H](n1ccc(N)nc1=O)CO2. The number of carbonyl (C=O) groups is 2. The van der Waals surface area contributed by atoms with Gasteiger partial charge in [-0.2, -0.15) is 4.98 Å². The number of carbonyl (C=O) groups excluding carboxylic acids is 2. The van der Waals surface area contributed by atoms with Crippen molar-refractivity contribution in [1.29, 1.82) is 0 Å². The number of nitrogens with one attached hydrogen (secondary N) is 2. The Morgan fingerprint density at radius 3 is 2.74 bits per heavy atom. The fourth-order valence-corrected chi connectivity index (χ4v) is 5.04. The van der Waals surface area contributed by atoms with E-state index in [9.17, 15) is 19.5 Å². The van der Waals surface area contributed by atoms with Gasteiger partial charge in [0.2, 0.25) is 11.8 Å². The summed E-state index contributed by atoms with van der Waals surface area (Å²) < 4.78 is 7.59. The summed E-state index contributed by atoms with van der Waals surface area (Å²) in [5.41, 5.74) is 3.98. The maximum atomic E-state index is 13.2. The number of rotatable bonds is 5. The number of imidazole rings is 1. The number of H-pyrrole nitrogens is 1. The standard InChI is InChI=1S/C22H31N7O5/c1-14(30)26-16(9-15-10-24-13-25-15)19(31)28-7-4-22(5-8-28)12-21(2,33)17(11-34-22)29-6-3-18(23)27-20(29)32/h3,6,10,13,16-17,33H,4-5,7-9,11-12H2,1-2H3,(H,24,25)(H,26,30)(H2,23,27,32)/t16-,17+,21+/m0/s1. The van der Waals surface area contributed by atoms with Crippen LogP contribution >= 0.6 is 0 Å². The minimum Gasteiger partial charge on any atom is -0.388 e. The first kappa shape index (κ1) is 23.9. The van der Waals surface area contributed by atoms with Crippen molar-refractivity contribution in [3.05, 3.63) is 41.0 Å². The largest absolute Gasteiger partial charge is 0.388 e. The first-order valence-electron chi connectivity index (χ1n) is 11.3. The van der Waals surface area contributed by atoms with Crippen molar-refractivity contribution in [2.24, 2.45) is 0 Å². The zero-order valence-corrected chi connectivity index (χ0v) is 19.4. The second kappa shape index (κ2) is 9.18. The maximum Gasteiger partial charge on any atom is 0.349 e. The van der Waals surface area contributed by atoms with Crippen LogP contribution < -0.4 is 16.7 Å². The molecule has 4 heterocycles. The number of anilines is 1. The normalized spacial score (nSPS) is 25.1. The highest BCUT2D eigenvalue weighted by atomic mass is 16.5. The molecule has 4 rings (SSSR count). The van der Waals surface area contributed by atoms with Gasteiger partial charge >= 0.3 is 5.69 Å². The van der Waals surface area contributed by atoms with E-state index in [0.29, 0.717) is 38.8 Å². The molecular formula is C22H31N7O5. The number of ether oxygens (including phenoxy) is 1. The Labute approximate surface area is 196 Å². The van der Waals surface area contributed by atoms with Gasteiger partial charge in [-0.1, -0.05) is 0 Å². The molecule has 12 nitrogen and oxygen atoms in total. The fraction of sp³-hybridized carbons (Fsp3) is 0.591. The number of aliphatic hydroxyl groups is 1. The van der Waals surface area contributed by atoms with Crippen molar-refractivity contribution < 1.29 is 19.4 Å². The van der Waals surface area contributed by atoms with Gasteiger partial charge in [-0.05, 0) is 25.8 Å². The third kappa shape index (κ3) is 4.97. The minimum atomic E-state index is -1.22. The maximum absolute atomic E-state index is 13.2. The number of nitrogen functional groups attached to an aromatic ring is 1. The first-order valence-corrected chi connectivity index (χ1v) is 11.3. The molecule has 3 atom stereocenters. The third-order valence-corrected chi connectivity index (χ3v) is 6.77. The third-order valence-electron chi connectivity index (χ3n) is 6.77. The molecule has 12 heteroatoms. The zero-order valence-electron chi connectivity index (χ0n) is 19.4. The van der Waals surface area contributed by atoms with Crippen LogP contribution in [0.3, 0.4) is 0 Å². The highest BCUT2D eigenvalue weighted by Crippen LogP contribution is 2.43. The van der Waals surface area contributed by atoms with Gasteiger partial charge in [0.1, 0.15) is 11.9 Å². The van der Waals surface area contributed by atoms with Crippen molar-refractivity contribution in [3.8, 4) is 0 Å². The van der Waals surface area contributed by atoms with Crippen LogP contribution in [0.2, 0.25) is 0 Å². The van der Waals surface area contributed by atoms with Crippen molar-refractivity contribution in [2.45, 2.75) is 62.8 Å². The molecule has 2 aliphatic rings. The van der Waals surface area contributed by atoms with Crippen molar-refractivity contribution in [1.82, 2.24) is 29.7 Å². The Morgan fingerprint density at radius 2 is 2.15 bits per heavy atom. The second-order valence-electron chi connectivity index (χ2n) is 9.45. The van der Waals surface area contributed by atoms with Gasteiger partial charge in [0.25, 0.3) is 0 Å². The molecule has 0 aromatic carbocycles. The van der Waals surface area contributed by atoms with E-state index in [0.717, 1.165) is 5.69 Å². The lowest BCUT2D eigenvalue weighted by Crippen LogP contribution is -2.60. The fourth-order valence-electron chi connectivity index (χ4n) is 5.04. The number of hydrogen-bond acceptors (Lipinski definition) is 8. The Hall–Kier alpha value is -3.25. The average molecular weight is 474 g/mol. The van der Waals surface area contributed by atoms with E-state index in [1.165, 1.54) is 30.1 Å². The van der Waals surface area contributed by atoms with Crippen molar-refractivity contribution >= 4 is 17.6 Å². The number of piperidine rings is 1. The molecule has 34 heavy (non-hydrogen) atoms. The van der Waals surface area contributed by atoms with E-state index in [2.05, 4.69) is 20.3 Å². The van der Waals surface area contributed by atoms with E-state index in [-0.39, 0.29) is 24.2 Å². The van der Waals surface area contributed by atoms with E-state index < -0.39 is 29.0 Å². The topological polar surface area (TPSA) is 168 Å². The van der Waals surface area contributed by atoms with Gasteiger partial charge in [0.05, 0.1) is 30.2 Å². The highest BCUT2D eigenvalue weighted by molar-refractivity contribution is 5.87. The lowest BCUT2D eigenvalue weighted by molar-refractivity contribution is -0.198. The Kier molecular flexibility index (Phi) is 6.45. The summed E-state index contributed by atoms with van der Waals surface area (Å²) in [6.45, 7) is 4.08. The number of likely N-dealkylation sites (tertiary alicyclic amines) is 1. The molecule has 1 spiro atoms. The van der Waals surface area contributed by atoms with Crippen LogP contribution in [0.25, 0.3) is 0 Å². The molecule has 184 valence electrons. The van der Waals surface area contributed by atoms with Gasteiger partial charge in [-0.3, -0.25) is 14.2 Å². The quantitative estimate of drug-likeness (QED) is 0.445. The minimum absolute atomic E-state index is 0.122. The Balaban J connectivity index is 1.42. The number of aromatic nitrogens is 4. The Morgan fingerprint density at radius 1 is 1.41 bits per heavy atom. The van der Waals surface area contributed by atoms with Gasteiger partial charge in [0, 0.05) is 50.9 Å². The van der Waals surface area contributed by atoms with Gasteiger partial charge in [0.15, 0.2) is 0 Å². The molecule has 0 saturated carbocycles.